The second-order valence-corrected chi connectivity index (χ2v) is 15.4. The number of nitrogens with zero attached hydrogens (tertiary/aromatic N) is 9. The molecule has 1 spiro atoms. The lowest BCUT2D eigenvalue weighted by atomic mass is 9.88. The molecule has 0 bridgehead atoms. The van der Waals surface area contributed by atoms with E-state index in [-0.39, 0.29) is 28.7 Å². The molecular formula is C33H42N12O2S2. The summed E-state index contributed by atoms with van der Waals surface area (Å²) >= 11 is 3.31. The summed E-state index contributed by atoms with van der Waals surface area (Å²) in [5.41, 5.74) is 20.6. The maximum absolute atomic E-state index is 11.7. The number of thiophene rings is 1. The molecule has 0 aromatic carbocycles. The molecule has 3 unspecified atom stereocenters. The highest BCUT2D eigenvalue weighted by Gasteiger charge is 2.53. The summed E-state index contributed by atoms with van der Waals surface area (Å²) in [7, 11) is 3.36. The molecule has 0 saturated carbocycles. The SMILES string of the molecule is CC(N)C(=O)N1CCN2CCCC2C1.COc1nc(N2CC3(C2)SCc2sc(N)c(C#N)c23)c(C#N)c(N(C)C(C)c2cccnc2N)n1. The van der Waals surface area contributed by atoms with Gasteiger partial charge in [-0.05, 0) is 39.3 Å². The maximum atomic E-state index is 11.7. The fourth-order valence-electron chi connectivity index (χ4n) is 7.19. The van der Waals surface area contributed by atoms with Crippen LogP contribution in [0.4, 0.5) is 22.5 Å². The summed E-state index contributed by atoms with van der Waals surface area (Å²) in [6.07, 6.45) is 4.16. The van der Waals surface area contributed by atoms with Crippen molar-refractivity contribution in [1.82, 2.24) is 24.8 Å². The predicted octanol–water partition coefficient (Wildman–Crippen LogP) is 2.65. The Hall–Kier alpha value is -4.35. The minimum absolute atomic E-state index is 0.108. The third kappa shape index (κ3) is 6.30. The average molecular weight is 703 g/mol. The number of hydrogen-bond acceptors (Lipinski definition) is 15. The van der Waals surface area contributed by atoms with Gasteiger partial charge in [0.25, 0.3) is 0 Å². The van der Waals surface area contributed by atoms with Crippen molar-refractivity contribution in [3.05, 3.63) is 45.5 Å². The van der Waals surface area contributed by atoms with E-state index < -0.39 is 0 Å². The van der Waals surface area contributed by atoms with Crippen LogP contribution in [-0.4, -0.2) is 96.2 Å². The highest BCUT2D eigenvalue weighted by Crippen LogP contribution is 2.58. The molecule has 7 heterocycles. The van der Waals surface area contributed by atoms with Crippen LogP contribution in [0, 0.1) is 22.7 Å². The van der Waals surface area contributed by atoms with Gasteiger partial charge in [0, 0.05) is 73.8 Å². The lowest BCUT2D eigenvalue weighted by molar-refractivity contribution is -0.134. The molecule has 16 heteroatoms. The lowest BCUT2D eigenvalue weighted by Gasteiger charge is -2.48. The summed E-state index contributed by atoms with van der Waals surface area (Å²) in [6.45, 7) is 8.95. The number of fused-ring (bicyclic) bond motifs is 3. The number of nitrogen functional groups attached to an aromatic ring is 2. The number of carbonyl (C=O) groups excluding carboxylic acids is 1. The van der Waals surface area contributed by atoms with Crippen molar-refractivity contribution in [1.29, 1.82) is 10.5 Å². The fourth-order valence-corrected chi connectivity index (χ4v) is 9.99. The minimum Gasteiger partial charge on any atom is -0.467 e. The largest absolute Gasteiger partial charge is 0.467 e. The van der Waals surface area contributed by atoms with Gasteiger partial charge in [-0.1, -0.05) is 6.07 Å². The van der Waals surface area contributed by atoms with Gasteiger partial charge >= 0.3 is 6.01 Å². The summed E-state index contributed by atoms with van der Waals surface area (Å²) in [5.74, 6) is 2.32. The van der Waals surface area contributed by atoms with E-state index in [9.17, 15) is 15.3 Å². The van der Waals surface area contributed by atoms with Crippen LogP contribution in [0.5, 0.6) is 6.01 Å². The first kappa shape index (κ1) is 34.5. The van der Waals surface area contributed by atoms with Gasteiger partial charge in [0.2, 0.25) is 5.91 Å². The first-order chi connectivity index (χ1) is 23.5. The molecule has 0 aliphatic carbocycles. The lowest BCUT2D eigenvalue weighted by Crippen LogP contribution is -2.57. The molecule has 0 radical (unpaired) electrons. The Balaban J connectivity index is 0.000000248. The van der Waals surface area contributed by atoms with E-state index in [0.29, 0.717) is 52.7 Å². The number of pyridine rings is 1. The van der Waals surface area contributed by atoms with Gasteiger partial charge in [0.15, 0.2) is 11.6 Å². The first-order valence-corrected chi connectivity index (χ1v) is 18.1. The second kappa shape index (κ2) is 13.9. The molecule has 4 aliphatic rings. The number of aromatic nitrogens is 3. The fraction of sp³-hybridized carbons (Fsp3) is 0.515. The van der Waals surface area contributed by atoms with E-state index in [0.717, 1.165) is 41.4 Å². The van der Waals surface area contributed by atoms with Crippen molar-refractivity contribution >= 4 is 51.5 Å². The third-order valence-corrected chi connectivity index (χ3v) is 12.6. The molecule has 4 aliphatic heterocycles. The van der Waals surface area contributed by atoms with Crippen LogP contribution in [0.3, 0.4) is 0 Å². The number of ether oxygens (including phenoxy) is 1. The Labute approximate surface area is 294 Å². The number of piperazine rings is 1. The first-order valence-electron chi connectivity index (χ1n) is 16.3. The molecule has 3 aromatic rings. The number of carbonyl (C=O) groups is 1. The Morgan fingerprint density at radius 3 is 2.59 bits per heavy atom. The number of hydrogen-bond donors (Lipinski definition) is 3. The summed E-state index contributed by atoms with van der Waals surface area (Å²) < 4.78 is 5.17. The number of methoxy groups -OCH3 is 1. The highest BCUT2D eigenvalue weighted by molar-refractivity contribution is 8.00. The number of nitriles is 2. The van der Waals surface area contributed by atoms with Crippen molar-refractivity contribution in [3.63, 3.8) is 0 Å². The molecule has 258 valence electrons. The molecule has 1 amide bonds. The van der Waals surface area contributed by atoms with Gasteiger partial charge in [-0.25, -0.2) is 4.98 Å². The van der Waals surface area contributed by atoms with Crippen LogP contribution in [0.2, 0.25) is 0 Å². The van der Waals surface area contributed by atoms with Gasteiger partial charge in [-0.3, -0.25) is 9.69 Å². The smallest absolute Gasteiger partial charge is 0.320 e. The van der Waals surface area contributed by atoms with Gasteiger partial charge in [-0.15, -0.1) is 23.1 Å². The summed E-state index contributed by atoms with van der Waals surface area (Å²) in [6, 6.07) is 8.55. The van der Waals surface area contributed by atoms with Gasteiger partial charge in [-0.2, -0.15) is 20.5 Å². The maximum Gasteiger partial charge on any atom is 0.320 e. The third-order valence-electron chi connectivity index (χ3n) is 9.92. The van der Waals surface area contributed by atoms with Gasteiger partial charge in [0.05, 0.1) is 29.5 Å². The number of thioether (sulfide) groups is 1. The standard InChI is InChI=1S/C23H23N9OS2.C10H19N3O/c1-12(13-5-4-6-28-18(13)26)31(2)20-15(8-25)21(30-22(29-20)33-3)32-10-23(11-32)17-14(7-24)19(27)35-16(17)9-34-23;1-8(11)10(14)13-6-5-12-4-2-3-9(12)7-13/h4-6,12H,9-11,27H2,1-3H3,(H2,26,28);8-9H,2-7,11H2,1H3. The van der Waals surface area contributed by atoms with Crippen molar-refractivity contribution in [2.75, 3.05) is 74.7 Å². The van der Waals surface area contributed by atoms with Crippen LogP contribution in [0.1, 0.15) is 59.9 Å². The van der Waals surface area contributed by atoms with E-state index in [1.54, 1.807) is 13.1 Å². The molecule has 3 aromatic heterocycles. The van der Waals surface area contributed by atoms with Crippen LogP contribution in [0.25, 0.3) is 0 Å². The zero-order valence-corrected chi connectivity index (χ0v) is 29.9. The topological polar surface area (TPSA) is 204 Å². The molecule has 6 N–H and O–H groups in total. The van der Waals surface area contributed by atoms with Crippen LogP contribution < -0.4 is 31.7 Å². The van der Waals surface area contributed by atoms with Crippen molar-refractivity contribution < 1.29 is 9.53 Å². The summed E-state index contributed by atoms with van der Waals surface area (Å²) in [4.78, 5) is 34.4. The molecule has 49 heavy (non-hydrogen) atoms. The summed E-state index contributed by atoms with van der Waals surface area (Å²) in [5, 5.41) is 20.4. The monoisotopic (exact) mass is 702 g/mol. The predicted molar refractivity (Wildman–Crippen MR) is 192 cm³/mol. The number of amides is 1. The van der Waals surface area contributed by atoms with Gasteiger partial charge in [0.1, 0.15) is 28.5 Å². The normalized spacial score (nSPS) is 20.2. The van der Waals surface area contributed by atoms with E-state index in [1.807, 2.05) is 52.6 Å². The van der Waals surface area contributed by atoms with E-state index in [1.165, 1.54) is 37.8 Å². The van der Waals surface area contributed by atoms with Crippen molar-refractivity contribution in [3.8, 4) is 18.1 Å². The number of nitrogens with two attached hydrogens (primary N) is 3. The Bertz CT molecular complexity index is 1810. The van der Waals surface area contributed by atoms with E-state index in [4.69, 9.17) is 21.9 Å². The molecule has 3 atom stereocenters. The molecule has 14 nitrogen and oxygen atoms in total. The number of rotatable bonds is 6. The molecule has 7 rings (SSSR count). The Morgan fingerprint density at radius 2 is 1.92 bits per heavy atom. The van der Waals surface area contributed by atoms with E-state index in [2.05, 4.69) is 32.0 Å². The molecule has 3 fully saturated rings. The van der Waals surface area contributed by atoms with Crippen LogP contribution >= 0.6 is 23.1 Å². The molecule has 3 saturated heterocycles. The quantitative estimate of drug-likeness (QED) is 0.338. The Kier molecular flexibility index (Phi) is 9.77. The van der Waals surface area contributed by atoms with E-state index >= 15 is 0 Å². The average Bonchev–Trinajstić information content (AvgIpc) is 3.80. The highest BCUT2D eigenvalue weighted by atomic mass is 32.2. The number of anilines is 4. The van der Waals surface area contributed by atoms with Gasteiger partial charge < -0.3 is 36.6 Å². The van der Waals surface area contributed by atoms with Crippen molar-refractivity contribution in [2.24, 2.45) is 5.73 Å². The van der Waals surface area contributed by atoms with Crippen LogP contribution in [0.15, 0.2) is 18.3 Å². The zero-order valence-electron chi connectivity index (χ0n) is 28.2. The zero-order chi connectivity index (χ0) is 35.0. The second-order valence-electron chi connectivity index (χ2n) is 12.9. The van der Waals surface area contributed by atoms with Crippen molar-refractivity contribution in [2.45, 2.75) is 55.3 Å². The molecular weight excluding hydrogens is 661 g/mol. The van der Waals surface area contributed by atoms with Crippen LogP contribution in [-0.2, 0) is 15.3 Å². The Morgan fingerprint density at radius 1 is 1.16 bits per heavy atom. The minimum atomic E-state index is -0.344.